The first-order chi connectivity index (χ1) is 9.15. The predicted octanol–water partition coefficient (Wildman–Crippen LogP) is 2.72. The highest BCUT2D eigenvalue weighted by Gasteiger charge is 2.08. The van der Waals surface area contributed by atoms with E-state index in [1.165, 1.54) is 5.56 Å². The van der Waals surface area contributed by atoms with Crippen molar-refractivity contribution >= 4 is 11.3 Å². The Bertz CT molecular complexity index is 475. The highest BCUT2D eigenvalue weighted by atomic mass is 32.1. The van der Waals surface area contributed by atoms with Crippen LogP contribution in [0, 0.1) is 5.92 Å². The quantitative estimate of drug-likeness (QED) is 0.847. The van der Waals surface area contributed by atoms with Crippen molar-refractivity contribution in [3.63, 3.8) is 0 Å². The van der Waals surface area contributed by atoms with Gasteiger partial charge in [-0.05, 0) is 41.7 Å². The van der Waals surface area contributed by atoms with Crippen LogP contribution in [-0.2, 0) is 19.5 Å². The van der Waals surface area contributed by atoms with Crippen LogP contribution < -0.4 is 5.32 Å². The van der Waals surface area contributed by atoms with Crippen LogP contribution in [0.2, 0.25) is 0 Å². The Balaban J connectivity index is 1.83. The fraction of sp³-hybridized carbons (Fsp3) is 0.571. The summed E-state index contributed by atoms with van der Waals surface area (Å²) in [6.07, 6.45) is 2.70. The van der Waals surface area contributed by atoms with E-state index in [-0.39, 0.29) is 0 Å². The topological polar surface area (TPSA) is 42.7 Å². The van der Waals surface area contributed by atoms with E-state index in [4.69, 9.17) is 0 Å². The summed E-state index contributed by atoms with van der Waals surface area (Å²) in [6.45, 7) is 8.30. The molecule has 1 atom stereocenters. The Labute approximate surface area is 118 Å². The number of aromatic nitrogens is 3. The van der Waals surface area contributed by atoms with Gasteiger partial charge in [-0.3, -0.25) is 0 Å². The first-order valence-corrected chi connectivity index (χ1v) is 7.70. The van der Waals surface area contributed by atoms with E-state index in [9.17, 15) is 0 Å². The minimum Gasteiger partial charge on any atom is -0.307 e. The van der Waals surface area contributed by atoms with Crippen molar-refractivity contribution in [2.45, 2.75) is 46.3 Å². The van der Waals surface area contributed by atoms with Gasteiger partial charge in [-0.1, -0.05) is 13.8 Å². The number of rotatable bonds is 7. The van der Waals surface area contributed by atoms with Crippen LogP contribution >= 0.6 is 11.3 Å². The first kappa shape index (κ1) is 14.2. The van der Waals surface area contributed by atoms with E-state index in [2.05, 4.69) is 53.0 Å². The van der Waals surface area contributed by atoms with Crippen LogP contribution in [0.5, 0.6) is 0 Å². The van der Waals surface area contributed by atoms with Crippen LogP contribution in [0.25, 0.3) is 0 Å². The molecule has 19 heavy (non-hydrogen) atoms. The van der Waals surface area contributed by atoms with Gasteiger partial charge in [0.25, 0.3) is 0 Å². The number of hydrogen-bond acceptors (Lipinski definition) is 4. The van der Waals surface area contributed by atoms with Gasteiger partial charge < -0.3 is 5.32 Å². The Kier molecular flexibility index (Phi) is 5.10. The lowest BCUT2D eigenvalue weighted by atomic mass is 10.1. The van der Waals surface area contributed by atoms with Gasteiger partial charge in [-0.25, -0.2) is 9.67 Å². The van der Waals surface area contributed by atoms with E-state index < -0.39 is 0 Å². The lowest BCUT2D eigenvalue weighted by Crippen LogP contribution is -2.29. The van der Waals surface area contributed by atoms with Crippen molar-refractivity contribution in [3.05, 3.63) is 34.5 Å². The van der Waals surface area contributed by atoms with Gasteiger partial charge >= 0.3 is 0 Å². The average molecular weight is 278 g/mol. The van der Waals surface area contributed by atoms with Crippen LogP contribution in [0.3, 0.4) is 0 Å². The molecule has 2 aromatic rings. The molecule has 0 radical (unpaired) electrons. The zero-order valence-corrected chi connectivity index (χ0v) is 12.7. The van der Waals surface area contributed by atoms with Gasteiger partial charge in [0.15, 0.2) is 0 Å². The molecule has 0 amide bonds. The van der Waals surface area contributed by atoms with Crippen LogP contribution in [0.15, 0.2) is 23.2 Å². The van der Waals surface area contributed by atoms with Gasteiger partial charge in [-0.15, -0.1) is 0 Å². The summed E-state index contributed by atoms with van der Waals surface area (Å²) < 4.78 is 2.00. The summed E-state index contributed by atoms with van der Waals surface area (Å²) in [5, 5.41) is 12.1. The highest BCUT2D eigenvalue weighted by Crippen LogP contribution is 2.09. The van der Waals surface area contributed by atoms with Crippen molar-refractivity contribution in [3.8, 4) is 0 Å². The standard InChI is InChI=1S/C14H22N4S/c1-11(2)8-18-14(16-10-17-18)7-15-12(3)6-13-4-5-19-9-13/h4-5,9-12,15H,6-8H2,1-3H3. The monoisotopic (exact) mass is 278 g/mol. The van der Waals surface area contributed by atoms with Crippen LogP contribution in [0.4, 0.5) is 0 Å². The maximum absolute atomic E-state index is 4.33. The summed E-state index contributed by atoms with van der Waals surface area (Å²) in [7, 11) is 0. The van der Waals surface area contributed by atoms with Crippen molar-refractivity contribution in [1.82, 2.24) is 20.1 Å². The SMILES string of the molecule is CC(C)Cn1ncnc1CNC(C)Cc1ccsc1. The minimum atomic E-state index is 0.443. The van der Waals surface area contributed by atoms with Gasteiger partial charge in [0, 0.05) is 12.6 Å². The van der Waals surface area contributed by atoms with E-state index in [1.807, 2.05) is 4.68 Å². The predicted molar refractivity (Wildman–Crippen MR) is 79.2 cm³/mol. The molecule has 0 saturated carbocycles. The molecule has 1 unspecified atom stereocenters. The molecule has 0 saturated heterocycles. The Hall–Kier alpha value is -1.20. The summed E-state index contributed by atoms with van der Waals surface area (Å²) in [5.74, 6) is 1.61. The molecule has 0 spiro atoms. The second-order valence-corrected chi connectivity index (χ2v) is 6.15. The summed E-state index contributed by atoms with van der Waals surface area (Å²) in [6, 6.07) is 2.63. The first-order valence-electron chi connectivity index (χ1n) is 6.76. The van der Waals surface area contributed by atoms with E-state index in [0.717, 1.165) is 25.3 Å². The largest absolute Gasteiger partial charge is 0.307 e. The smallest absolute Gasteiger partial charge is 0.140 e. The van der Waals surface area contributed by atoms with Gasteiger partial charge in [0.05, 0.1) is 6.54 Å². The molecule has 0 fully saturated rings. The summed E-state index contributed by atoms with van der Waals surface area (Å²) >= 11 is 1.75. The van der Waals surface area contributed by atoms with Gasteiger partial charge in [0.1, 0.15) is 12.2 Å². The molecule has 2 rings (SSSR count). The molecule has 104 valence electrons. The van der Waals surface area contributed by atoms with E-state index in [1.54, 1.807) is 17.7 Å². The zero-order chi connectivity index (χ0) is 13.7. The third-order valence-corrected chi connectivity index (χ3v) is 3.70. The fourth-order valence-corrected chi connectivity index (χ4v) is 2.70. The molecule has 0 aliphatic rings. The molecule has 0 aromatic carbocycles. The van der Waals surface area contributed by atoms with Crippen molar-refractivity contribution < 1.29 is 0 Å². The molecular weight excluding hydrogens is 256 g/mol. The minimum absolute atomic E-state index is 0.443. The summed E-state index contributed by atoms with van der Waals surface area (Å²) in [5.41, 5.74) is 1.40. The number of nitrogens with one attached hydrogen (secondary N) is 1. The second kappa shape index (κ2) is 6.82. The summed E-state index contributed by atoms with van der Waals surface area (Å²) in [4.78, 5) is 4.33. The second-order valence-electron chi connectivity index (χ2n) is 5.37. The van der Waals surface area contributed by atoms with Gasteiger partial charge in [0.2, 0.25) is 0 Å². The number of hydrogen-bond donors (Lipinski definition) is 1. The molecule has 5 heteroatoms. The molecule has 0 bridgehead atoms. The lowest BCUT2D eigenvalue weighted by molar-refractivity contribution is 0.446. The maximum atomic E-state index is 4.33. The Morgan fingerprint density at radius 2 is 2.21 bits per heavy atom. The Morgan fingerprint density at radius 3 is 2.89 bits per heavy atom. The third-order valence-electron chi connectivity index (χ3n) is 2.96. The molecule has 4 nitrogen and oxygen atoms in total. The molecule has 2 heterocycles. The Morgan fingerprint density at radius 1 is 1.37 bits per heavy atom. The lowest BCUT2D eigenvalue weighted by Gasteiger charge is -2.14. The third kappa shape index (κ3) is 4.44. The highest BCUT2D eigenvalue weighted by molar-refractivity contribution is 7.07. The van der Waals surface area contributed by atoms with E-state index >= 15 is 0 Å². The van der Waals surface area contributed by atoms with E-state index in [0.29, 0.717) is 12.0 Å². The number of nitrogens with zero attached hydrogens (tertiary/aromatic N) is 3. The molecule has 1 N–H and O–H groups in total. The molecule has 2 aromatic heterocycles. The van der Waals surface area contributed by atoms with Crippen molar-refractivity contribution in [1.29, 1.82) is 0 Å². The maximum Gasteiger partial charge on any atom is 0.140 e. The van der Waals surface area contributed by atoms with Crippen molar-refractivity contribution in [2.75, 3.05) is 0 Å². The molecule has 0 aliphatic carbocycles. The van der Waals surface area contributed by atoms with Crippen molar-refractivity contribution in [2.24, 2.45) is 5.92 Å². The van der Waals surface area contributed by atoms with Gasteiger partial charge in [-0.2, -0.15) is 16.4 Å². The normalized spacial score (nSPS) is 13.1. The molecule has 0 aliphatic heterocycles. The average Bonchev–Trinajstić information content (AvgIpc) is 2.97. The van der Waals surface area contributed by atoms with Crippen LogP contribution in [0.1, 0.15) is 32.2 Å². The zero-order valence-electron chi connectivity index (χ0n) is 11.8. The number of thiophene rings is 1. The van der Waals surface area contributed by atoms with Crippen LogP contribution in [-0.4, -0.2) is 20.8 Å². The fourth-order valence-electron chi connectivity index (χ4n) is 2.02. The molecular formula is C14H22N4S.